The van der Waals surface area contributed by atoms with E-state index in [1.807, 2.05) is 0 Å². The second kappa shape index (κ2) is 21.6. The van der Waals surface area contributed by atoms with Crippen molar-refractivity contribution in [1.29, 1.82) is 0 Å². The standard InChI is InChI=1S/C100H54N8OS/c1-2-18-55(19-3-1)56-38-42-62(43-39-56)97-101-87-71-49-48-64(52-83(71)109-95(87)99(103-97)107-81-31-15-10-26-69(81)77-53-75-67-24-8-13-29-79(67)105-89-65-22-6-4-20-60(65)46-50-73(89)85(91(75)105)93(77)107)59-36-34-57(35-37-59)58-40-44-63(45-41-58)98-102-88-72-28-12-17-33-84(72)110-96(88)100(104-98)108-82-32-16-11-27-70(82)78-54-76-68-25-9-14-30-80(68)106-90-66-23-7-5-21-61(66)47-51-74(90)86(92(76)106)94(78)108/h1-54H. The summed E-state index contributed by atoms with van der Waals surface area (Å²) < 4.78 is 19.4. The number of fused-ring (bicyclic) bond motifs is 30. The van der Waals surface area contributed by atoms with Gasteiger partial charge in [-0.3, -0.25) is 9.13 Å². The van der Waals surface area contributed by atoms with Crippen molar-refractivity contribution in [2.75, 3.05) is 0 Å². The summed E-state index contributed by atoms with van der Waals surface area (Å²) in [6, 6.07) is 119. The lowest BCUT2D eigenvalue weighted by molar-refractivity contribution is 0.662. The van der Waals surface area contributed by atoms with Crippen LogP contribution in [0.3, 0.4) is 0 Å². The van der Waals surface area contributed by atoms with E-state index in [2.05, 4.69) is 346 Å². The lowest BCUT2D eigenvalue weighted by atomic mass is 9.99. The molecule has 110 heavy (non-hydrogen) atoms. The van der Waals surface area contributed by atoms with Gasteiger partial charge < -0.3 is 13.2 Å². The first-order chi connectivity index (χ1) is 54.6. The van der Waals surface area contributed by atoms with Crippen LogP contribution in [0.2, 0.25) is 0 Å². The predicted molar refractivity (Wildman–Crippen MR) is 458 cm³/mol. The number of thiophene rings is 1. The second-order valence-corrected chi connectivity index (χ2v) is 30.5. The smallest absolute Gasteiger partial charge is 0.197 e. The number of aromatic nitrogens is 8. The summed E-state index contributed by atoms with van der Waals surface area (Å²) in [5.41, 5.74) is 23.0. The van der Waals surface area contributed by atoms with Gasteiger partial charge in [0, 0.05) is 102 Å². The van der Waals surface area contributed by atoms with Crippen LogP contribution in [0.15, 0.2) is 332 Å². The van der Waals surface area contributed by atoms with Crippen molar-refractivity contribution in [3.05, 3.63) is 328 Å². The van der Waals surface area contributed by atoms with Crippen molar-refractivity contribution in [2.24, 2.45) is 0 Å². The summed E-state index contributed by atoms with van der Waals surface area (Å²) >= 11 is 1.77. The van der Waals surface area contributed by atoms with Crippen LogP contribution in [-0.4, -0.2) is 37.9 Å². The van der Waals surface area contributed by atoms with E-state index in [4.69, 9.17) is 24.4 Å². The molecular formula is C100H54N8OS. The van der Waals surface area contributed by atoms with Gasteiger partial charge in [-0.15, -0.1) is 11.3 Å². The van der Waals surface area contributed by atoms with Crippen LogP contribution in [-0.2, 0) is 0 Å². The Balaban J connectivity index is 0.614. The molecule has 0 bridgehead atoms. The lowest BCUT2D eigenvalue weighted by Crippen LogP contribution is -2.02. The maximum atomic E-state index is 7.33. The van der Waals surface area contributed by atoms with Crippen LogP contribution < -0.4 is 0 Å². The Kier molecular flexibility index (Phi) is 11.5. The minimum atomic E-state index is 0.612. The van der Waals surface area contributed by atoms with E-state index < -0.39 is 0 Å². The molecule has 0 radical (unpaired) electrons. The first kappa shape index (κ1) is 58.7. The fourth-order valence-corrected chi connectivity index (χ4v) is 20.1. The highest BCUT2D eigenvalue weighted by molar-refractivity contribution is 7.26. The Hall–Kier alpha value is -14.6. The summed E-state index contributed by atoms with van der Waals surface area (Å²) in [4.78, 5) is 22.5. The molecule has 10 heteroatoms. The largest absolute Gasteiger partial charge is 0.450 e. The van der Waals surface area contributed by atoms with Gasteiger partial charge in [0.2, 0.25) is 0 Å². The minimum absolute atomic E-state index is 0.612. The number of hydrogen-bond acceptors (Lipinski definition) is 6. The molecular weight excluding hydrogens is 1360 g/mol. The van der Waals surface area contributed by atoms with Crippen molar-refractivity contribution in [3.8, 4) is 67.8 Å². The van der Waals surface area contributed by atoms with E-state index in [0.717, 1.165) is 115 Å². The summed E-state index contributed by atoms with van der Waals surface area (Å²) in [6.07, 6.45) is 0. The molecule has 0 aliphatic rings. The van der Waals surface area contributed by atoms with Crippen LogP contribution in [0.1, 0.15) is 0 Å². The minimum Gasteiger partial charge on any atom is -0.450 e. The summed E-state index contributed by atoms with van der Waals surface area (Å²) in [5.74, 6) is 2.84. The molecule has 0 spiro atoms. The molecule has 0 aliphatic heterocycles. The van der Waals surface area contributed by atoms with Crippen molar-refractivity contribution in [1.82, 2.24) is 37.9 Å². The van der Waals surface area contributed by atoms with Crippen LogP contribution in [0.25, 0.3) is 252 Å². The average Bonchev–Trinajstić information content (AvgIpc) is 1.51. The molecule has 0 aliphatic carbocycles. The van der Waals surface area contributed by atoms with Gasteiger partial charge in [-0.25, -0.2) is 19.9 Å². The molecule has 9 nitrogen and oxygen atoms in total. The van der Waals surface area contributed by atoms with E-state index in [-0.39, 0.29) is 0 Å². The van der Waals surface area contributed by atoms with Crippen molar-refractivity contribution >= 4 is 195 Å². The van der Waals surface area contributed by atoms with Crippen LogP contribution in [0.5, 0.6) is 0 Å². The number of benzene rings is 16. The molecule has 0 saturated heterocycles. The number of furan rings is 1. The summed E-state index contributed by atoms with van der Waals surface area (Å²) in [6.45, 7) is 0. The molecule has 0 amide bonds. The maximum absolute atomic E-state index is 7.33. The molecule has 26 rings (SSSR count). The second-order valence-electron chi connectivity index (χ2n) is 29.5. The van der Waals surface area contributed by atoms with Gasteiger partial charge in [0.15, 0.2) is 28.9 Å². The third-order valence-electron chi connectivity index (χ3n) is 23.8. The Bertz CT molecular complexity index is 8510. The Morgan fingerprint density at radius 1 is 0.245 bits per heavy atom. The van der Waals surface area contributed by atoms with Gasteiger partial charge in [-0.05, 0) is 98.8 Å². The number of hydrogen-bond donors (Lipinski definition) is 0. The SMILES string of the molecule is c1ccc(-c2ccc(-c3nc(-n4c5ccccc5c5cc6c7ccccc7n7c8c9ccccc9ccc8c(c54)c67)c4oc5cc(-c6ccc(-c7ccc(-c8nc(-n9c%10ccccc%10c%10cc%11c%12ccccc%12n%12c%13c%14ccccc%14ccc%13c(c%109)c%11%12)c9sc%10ccccc%10c9n8)cc7)cc6)ccc5c4n3)cc2)cc1. The van der Waals surface area contributed by atoms with Crippen molar-refractivity contribution in [2.45, 2.75) is 0 Å². The van der Waals surface area contributed by atoms with Gasteiger partial charge in [0.1, 0.15) is 11.1 Å². The molecule has 0 fully saturated rings. The van der Waals surface area contributed by atoms with Crippen LogP contribution in [0.4, 0.5) is 0 Å². The Morgan fingerprint density at radius 3 is 1.18 bits per heavy atom. The number of rotatable bonds is 7. The van der Waals surface area contributed by atoms with Crippen LogP contribution >= 0.6 is 11.3 Å². The van der Waals surface area contributed by atoms with Gasteiger partial charge in [-0.2, -0.15) is 0 Å². The van der Waals surface area contributed by atoms with Crippen molar-refractivity contribution < 1.29 is 4.42 Å². The highest BCUT2D eigenvalue weighted by Crippen LogP contribution is 2.52. The fraction of sp³-hybridized carbons (Fsp3) is 0. The molecule has 26 aromatic rings. The molecule has 0 unspecified atom stereocenters. The van der Waals surface area contributed by atoms with Gasteiger partial charge in [-0.1, -0.05) is 273 Å². The van der Waals surface area contributed by atoms with Gasteiger partial charge in [0.05, 0.1) is 65.4 Å². The zero-order valence-electron chi connectivity index (χ0n) is 58.6. The fourth-order valence-electron chi connectivity index (χ4n) is 19.0. The quantitative estimate of drug-likeness (QED) is 0.159. The van der Waals surface area contributed by atoms with Gasteiger partial charge in [0.25, 0.3) is 0 Å². The Labute approximate surface area is 628 Å². The highest BCUT2D eigenvalue weighted by Gasteiger charge is 2.31. The Morgan fingerprint density at radius 2 is 0.636 bits per heavy atom. The molecule has 10 aromatic heterocycles. The monoisotopic (exact) mass is 1410 g/mol. The third-order valence-corrected chi connectivity index (χ3v) is 25.0. The van der Waals surface area contributed by atoms with E-state index in [0.29, 0.717) is 23.0 Å². The molecule has 16 aromatic carbocycles. The topological polar surface area (TPSA) is 83.4 Å². The van der Waals surface area contributed by atoms with Crippen molar-refractivity contribution in [3.63, 3.8) is 0 Å². The molecule has 10 heterocycles. The average molecular weight is 1420 g/mol. The maximum Gasteiger partial charge on any atom is 0.197 e. The zero-order chi connectivity index (χ0) is 71.3. The molecule has 506 valence electrons. The summed E-state index contributed by atoms with van der Waals surface area (Å²) in [7, 11) is 0. The number of para-hydroxylation sites is 4. The van der Waals surface area contributed by atoms with E-state index in [9.17, 15) is 0 Å². The summed E-state index contributed by atoms with van der Waals surface area (Å²) in [5, 5.41) is 21.3. The highest BCUT2D eigenvalue weighted by atomic mass is 32.1. The predicted octanol–water partition coefficient (Wildman–Crippen LogP) is 26.7. The zero-order valence-corrected chi connectivity index (χ0v) is 59.4. The van der Waals surface area contributed by atoms with Crippen LogP contribution in [0, 0.1) is 0 Å². The third kappa shape index (κ3) is 7.82. The number of nitrogens with zero attached hydrogens (tertiary/aromatic N) is 8. The first-order valence-corrected chi connectivity index (χ1v) is 38.2. The molecule has 0 saturated carbocycles. The molecule has 0 atom stereocenters. The molecule has 0 N–H and O–H groups in total. The lowest BCUT2D eigenvalue weighted by Gasteiger charge is -2.12. The first-order valence-electron chi connectivity index (χ1n) is 37.4. The van der Waals surface area contributed by atoms with Gasteiger partial charge >= 0.3 is 0 Å². The van der Waals surface area contributed by atoms with E-state index >= 15 is 0 Å². The normalized spacial score (nSPS) is 12.5. The van der Waals surface area contributed by atoms with E-state index in [1.54, 1.807) is 11.3 Å². The van der Waals surface area contributed by atoms with E-state index in [1.165, 1.54) is 113 Å².